The summed E-state index contributed by atoms with van der Waals surface area (Å²) in [5.41, 5.74) is 1.79. The fourth-order valence-corrected chi connectivity index (χ4v) is 2.71. The largest absolute Gasteiger partial charge is 0.503 e. The second kappa shape index (κ2) is 7.74. The average molecular weight is 413 g/mol. The van der Waals surface area contributed by atoms with E-state index < -0.39 is 0 Å². The zero-order valence-electron chi connectivity index (χ0n) is 12.1. The molecule has 0 fully saturated rings. The molecule has 23 heavy (non-hydrogen) atoms. The molecule has 0 bridgehead atoms. The normalized spacial score (nSPS) is 11.2. The molecule has 3 nitrogen and oxygen atoms in total. The standard InChI is InChI=1S/C17H12BrCl2NO2/c1-2-23-16-7-10(6-13(18)17(16)22)5-12(9-21)11-3-4-14(19)15(20)8-11/h3-8,22H,2H2,1H3/b12-5-. The monoisotopic (exact) mass is 411 g/mol. The number of nitriles is 1. The van der Waals surface area contributed by atoms with Crippen LogP contribution in [0, 0.1) is 11.3 Å². The van der Waals surface area contributed by atoms with E-state index in [-0.39, 0.29) is 5.75 Å². The van der Waals surface area contributed by atoms with Crippen molar-refractivity contribution in [2.45, 2.75) is 6.92 Å². The number of halogens is 3. The maximum absolute atomic E-state index is 9.94. The van der Waals surface area contributed by atoms with Crippen LogP contribution in [-0.2, 0) is 0 Å². The average Bonchev–Trinajstić information content (AvgIpc) is 2.52. The van der Waals surface area contributed by atoms with E-state index in [9.17, 15) is 10.4 Å². The molecule has 0 unspecified atom stereocenters. The van der Waals surface area contributed by atoms with Crippen molar-refractivity contribution < 1.29 is 9.84 Å². The third-order valence-electron chi connectivity index (χ3n) is 3.01. The quantitative estimate of drug-likeness (QED) is 0.500. The highest BCUT2D eigenvalue weighted by molar-refractivity contribution is 9.10. The van der Waals surface area contributed by atoms with Crippen LogP contribution >= 0.6 is 39.1 Å². The molecule has 0 aliphatic rings. The van der Waals surface area contributed by atoms with Crippen molar-refractivity contribution in [3.63, 3.8) is 0 Å². The second-order valence-corrected chi connectivity index (χ2v) is 6.25. The number of phenols is 1. The molecule has 0 aromatic heterocycles. The molecule has 0 saturated heterocycles. The molecule has 118 valence electrons. The molecule has 6 heteroatoms. The molecule has 0 heterocycles. The van der Waals surface area contributed by atoms with Gasteiger partial charge >= 0.3 is 0 Å². The van der Waals surface area contributed by atoms with Gasteiger partial charge < -0.3 is 9.84 Å². The van der Waals surface area contributed by atoms with Crippen LogP contribution < -0.4 is 4.74 Å². The van der Waals surface area contributed by atoms with E-state index >= 15 is 0 Å². The Balaban J connectivity index is 2.49. The summed E-state index contributed by atoms with van der Waals surface area (Å²) in [7, 11) is 0. The lowest BCUT2D eigenvalue weighted by molar-refractivity contribution is 0.317. The Labute approximate surface area is 152 Å². The number of ether oxygens (including phenoxy) is 1. The number of allylic oxidation sites excluding steroid dienone is 1. The lowest BCUT2D eigenvalue weighted by Crippen LogP contribution is -1.93. The number of phenolic OH excluding ortho intramolecular Hbond substituents is 1. The summed E-state index contributed by atoms with van der Waals surface area (Å²) in [5, 5.41) is 20.2. The first-order valence-corrected chi connectivity index (χ1v) is 8.23. The summed E-state index contributed by atoms with van der Waals surface area (Å²) in [6.45, 7) is 2.25. The van der Waals surface area contributed by atoms with E-state index in [0.29, 0.717) is 43.6 Å². The van der Waals surface area contributed by atoms with Gasteiger partial charge in [0.15, 0.2) is 11.5 Å². The molecule has 1 N–H and O–H groups in total. The lowest BCUT2D eigenvalue weighted by atomic mass is 10.0. The van der Waals surface area contributed by atoms with Crippen LogP contribution in [-0.4, -0.2) is 11.7 Å². The number of hydrogen-bond acceptors (Lipinski definition) is 3. The molecule has 0 atom stereocenters. The fourth-order valence-electron chi connectivity index (χ4n) is 1.95. The van der Waals surface area contributed by atoms with Gasteiger partial charge in [0.1, 0.15) is 0 Å². The van der Waals surface area contributed by atoms with Gasteiger partial charge in [-0.3, -0.25) is 0 Å². The van der Waals surface area contributed by atoms with Crippen LogP contribution in [0.5, 0.6) is 11.5 Å². The Hall–Kier alpha value is -1.67. The van der Waals surface area contributed by atoms with Crippen molar-refractivity contribution in [1.82, 2.24) is 0 Å². The van der Waals surface area contributed by atoms with Crippen LogP contribution in [0.4, 0.5) is 0 Å². The summed E-state index contributed by atoms with van der Waals surface area (Å²) >= 11 is 15.2. The minimum Gasteiger partial charge on any atom is -0.503 e. The van der Waals surface area contributed by atoms with Crippen molar-refractivity contribution in [2.24, 2.45) is 0 Å². The Morgan fingerprint density at radius 2 is 2.04 bits per heavy atom. The SMILES string of the molecule is CCOc1cc(/C=C(/C#N)c2ccc(Cl)c(Cl)c2)cc(Br)c1O. The van der Waals surface area contributed by atoms with Gasteiger partial charge in [-0.15, -0.1) is 0 Å². The lowest BCUT2D eigenvalue weighted by Gasteiger charge is -2.09. The number of aromatic hydroxyl groups is 1. The molecular formula is C17H12BrCl2NO2. The molecule has 2 rings (SSSR count). The number of benzene rings is 2. The number of nitrogens with zero attached hydrogens (tertiary/aromatic N) is 1. The second-order valence-electron chi connectivity index (χ2n) is 4.58. The molecule has 2 aromatic rings. The van der Waals surface area contributed by atoms with Gasteiger partial charge in [-0.1, -0.05) is 29.3 Å². The maximum Gasteiger partial charge on any atom is 0.172 e. The molecule has 0 aliphatic carbocycles. The maximum atomic E-state index is 9.94. The first kappa shape index (κ1) is 17.7. The van der Waals surface area contributed by atoms with Gasteiger partial charge in [-0.2, -0.15) is 5.26 Å². The predicted molar refractivity (Wildman–Crippen MR) is 96.9 cm³/mol. The third-order valence-corrected chi connectivity index (χ3v) is 4.36. The van der Waals surface area contributed by atoms with Gasteiger partial charge in [0.25, 0.3) is 0 Å². The molecule has 0 amide bonds. The minimum absolute atomic E-state index is 0.0250. The van der Waals surface area contributed by atoms with Gasteiger partial charge in [-0.05, 0) is 64.3 Å². The summed E-state index contributed by atoms with van der Waals surface area (Å²) in [6.07, 6.45) is 1.69. The van der Waals surface area contributed by atoms with Crippen LogP contribution in [0.3, 0.4) is 0 Å². The van der Waals surface area contributed by atoms with Crippen LogP contribution in [0.2, 0.25) is 10.0 Å². The van der Waals surface area contributed by atoms with E-state index in [0.717, 1.165) is 0 Å². The molecule has 0 saturated carbocycles. The first-order valence-electron chi connectivity index (χ1n) is 6.68. The smallest absolute Gasteiger partial charge is 0.172 e. The third kappa shape index (κ3) is 4.20. The number of rotatable bonds is 4. The highest BCUT2D eigenvalue weighted by Crippen LogP contribution is 2.36. The Morgan fingerprint density at radius 1 is 1.30 bits per heavy atom. The Kier molecular flexibility index (Phi) is 5.95. The summed E-state index contributed by atoms with van der Waals surface area (Å²) in [4.78, 5) is 0. The van der Waals surface area contributed by atoms with Gasteiger partial charge in [0.2, 0.25) is 0 Å². The number of hydrogen-bond donors (Lipinski definition) is 1. The zero-order valence-corrected chi connectivity index (χ0v) is 15.2. The van der Waals surface area contributed by atoms with E-state index in [1.165, 1.54) is 0 Å². The van der Waals surface area contributed by atoms with Crippen LogP contribution in [0.25, 0.3) is 11.6 Å². The summed E-state index contributed by atoms with van der Waals surface area (Å²) < 4.78 is 5.87. The van der Waals surface area contributed by atoms with Crippen LogP contribution in [0.15, 0.2) is 34.8 Å². The van der Waals surface area contributed by atoms with Gasteiger partial charge in [0, 0.05) is 0 Å². The first-order chi connectivity index (χ1) is 11.0. The van der Waals surface area contributed by atoms with E-state index in [4.69, 9.17) is 27.9 Å². The van der Waals surface area contributed by atoms with Gasteiger partial charge in [-0.25, -0.2) is 0 Å². The topological polar surface area (TPSA) is 53.2 Å². The van der Waals surface area contributed by atoms with Crippen molar-refractivity contribution in [3.05, 3.63) is 56.0 Å². The minimum atomic E-state index is 0.0250. The summed E-state index contributed by atoms with van der Waals surface area (Å²) in [6, 6.07) is 10.5. The molecule has 0 aliphatic heterocycles. The molecule has 0 spiro atoms. The highest BCUT2D eigenvalue weighted by atomic mass is 79.9. The Morgan fingerprint density at radius 3 is 2.65 bits per heavy atom. The van der Waals surface area contributed by atoms with E-state index in [1.54, 1.807) is 36.4 Å². The predicted octanol–water partition coefficient (Wildman–Crippen LogP) is 5.92. The molecule has 2 aromatic carbocycles. The molecule has 0 radical (unpaired) electrons. The van der Waals surface area contributed by atoms with Crippen molar-refractivity contribution in [2.75, 3.05) is 6.61 Å². The van der Waals surface area contributed by atoms with Crippen molar-refractivity contribution in [1.29, 1.82) is 5.26 Å². The highest BCUT2D eigenvalue weighted by Gasteiger charge is 2.10. The zero-order chi connectivity index (χ0) is 17.0. The van der Waals surface area contributed by atoms with Crippen molar-refractivity contribution in [3.8, 4) is 17.6 Å². The Bertz CT molecular complexity index is 813. The summed E-state index contributed by atoms with van der Waals surface area (Å²) in [5.74, 6) is 0.372. The van der Waals surface area contributed by atoms with Gasteiger partial charge in [0.05, 0.1) is 32.8 Å². The van der Waals surface area contributed by atoms with Crippen molar-refractivity contribution >= 4 is 50.8 Å². The van der Waals surface area contributed by atoms with Crippen LogP contribution in [0.1, 0.15) is 18.1 Å². The molecular weight excluding hydrogens is 401 g/mol. The van der Waals surface area contributed by atoms with E-state index in [2.05, 4.69) is 22.0 Å². The fraction of sp³-hybridized carbons (Fsp3) is 0.118. The van der Waals surface area contributed by atoms with E-state index in [1.807, 2.05) is 6.92 Å².